The van der Waals surface area contributed by atoms with Crippen LogP contribution in [0.2, 0.25) is 10.0 Å². The van der Waals surface area contributed by atoms with Crippen molar-refractivity contribution in [1.29, 1.82) is 0 Å². The van der Waals surface area contributed by atoms with Crippen LogP contribution < -0.4 is 51.8 Å². The number of aliphatic hydroxyl groups excluding tert-OH is 6. The third-order valence-corrected chi connectivity index (χ3v) is 23.3. The van der Waals surface area contributed by atoms with Crippen molar-refractivity contribution in [2.45, 2.75) is 203 Å². The molecule has 5 aromatic rings. The van der Waals surface area contributed by atoms with E-state index in [1.807, 2.05) is 0 Å². The van der Waals surface area contributed by atoms with Crippen LogP contribution >= 0.6 is 23.2 Å². The summed E-state index contributed by atoms with van der Waals surface area (Å²) in [6, 6.07) is 4.74. The Kier molecular flexibility index (Phi) is 25.6. The number of phenols is 3. The Labute approximate surface area is 649 Å². The smallest absolute Gasteiger partial charge is 0.321 e. The van der Waals surface area contributed by atoms with E-state index in [9.17, 15) is 60.3 Å². The maximum absolute atomic E-state index is 16.4. The highest BCUT2D eigenvalue weighted by molar-refractivity contribution is 6.32. The van der Waals surface area contributed by atoms with Crippen LogP contribution in [0.5, 0.6) is 46.0 Å². The Balaban J connectivity index is 1.04. The number of rotatable bonds is 19. The Morgan fingerprint density at radius 3 is 1.91 bits per heavy atom. The molecule has 29 nitrogen and oxygen atoms in total. The van der Waals surface area contributed by atoms with Gasteiger partial charge >= 0.3 is 6.03 Å². The number of halogens is 2. The van der Waals surface area contributed by atoms with E-state index in [0.29, 0.717) is 18.3 Å². The predicted molar refractivity (Wildman–Crippen MR) is 399 cm³/mol. The minimum absolute atomic E-state index is 0.0672. The molecule has 0 spiro atoms. The average Bonchev–Trinajstić information content (AvgIpc) is 0.767. The second-order valence-electron chi connectivity index (χ2n) is 31.1. The minimum atomic E-state index is -2.21. The number of nitrogens with one attached hydrogen (secondary N) is 6. The number of amides is 7. The van der Waals surface area contributed by atoms with Gasteiger partial charge in [0.1, 0.15) is 89.5 Å². The van der Waals surface area contributed by atoms with Gasteiger partial charge in [0.15, 0.2) is 28.8 Å². The molecule has 5 aromatic carbocycles. The van der Waals surface area contributed by atoms with E-state index in [4.69, 9.17) is 47.9 Å². The van der Waals surface area contributed by atoms with Crippen LogP contribution in [0.4, 0.5) is 4.79 Å². The van der Waals surface area contributed by atoms with Gasteiger partial charge in [-0.3, -0.25) is 43.7 Å². The first-order valence-corrected chi connectivity index (χ1v) is 38.7. The molecule has 10 aliphatic rings. The third-order valence-electron chi connectivity index (χ3n) is 22.7. The van der Waals surface area contributed by atoms with Crippen molar-refractivity contribution in [3.8, 4) is 57.1 Å². The summed E-state index contributed by atoms with van der Waals surface area (Å²) < 4.78 is 25.5. The SMILES string of the molecule is CCCCCCCCNC(=O)NC(=O)C[C@@H]1CC(=O)[C@H](NC(=O)[C@H](N)CC(C)C)[C@H](O)c2ccc(c(Cl)c2)Oc2cc3cc(c2OC2OC(CO)C(O)C(O)C2O)Oc2ccc(cc2Cl)[C@@H](O)[C@@H]2NC(=O)[C@H](CC(=O)[C@@H]3NC1=O)c1ccc(O)c(c1)-c1c(O)cc(O)cc1[C@@H](C(=O)CC1C3CC4CC(C3)CC1C4)NC2=O. The van der Waals surface area contributed by atoms with Crippen molar-refractivity contribution >= 4 is 76.1 Å². The van der Waals surface area contributed by atoms with Crippen molar-refractivity contribution in [3.63, 3.8) is 0 Å². The molecule has 6 heterocycles. The first-order chi connectivity index (χ1) is 52.9. The van der Waals surface area contributed by atoms with Gasteiger partial charge in [-0.15, -0.1) is 0 Å². The van der Waals surface area contributed by atoms with Crippen LogP contribution in [0.15, 0.2) is 78.9 Å². The number of nitrogens with two attached hydrogens (primary N) is 1. The molecule has 17 N–H and O–H groups in total. The third kappa shape index (κ3) is 18.2. The second-order valence-corrected chi connectivity index (χ2v) is 31.9. The quantitative estimate of drug-likeness (QED) is 0.0362. The number of carbonyl (C=O) groups excluding carboxylic acids is 9. The average molecular weight is 1580 g/mol. The van der Waals surface area contributed by atoms with Gasteiger partial charge in [0, 0.05) is 49.4 Å². The summed E-state index contributed by atoms with van der Waals surface area (Å²) in [6.45, 7) is 4.84. The molecular weight excluding hydrogens is 1480 g/mol. The lowest BCUT2D eigenvalue weighted by Crippen LogP contribution is -2.60. The van der Waals surface area contributed by atoms with E-state index in [0.717, 1.165) is 107 Å². The number of imide groups is 1. The molecule has 0 radical (unpaired) electrons. The summed E-state index contributed by atoms with van der Waals surface area (Å²) in [5.74, 6) is -15.5. The number of Topliss-reactive ketones (excluding diaryl/α,β-unsaturated/α-hetero) is 3. The number of unbranched alkanes of at least 4 members (excludes halogenated alkanes) is 5. The molecule has 4 saturated carbocycles. The largest absolute Gasteiger partial charge is 0.508 e. The zero-order valence-corrected chi connectivity index (χ0v) is 63.0. The maximum atomic E-state index is 16.4. The van der Waals surface area contributed by atoms with Crippen LogP contribution in [0, 0.1) is 41.4 Å². The number of ether oxygens (including phenoxy) is 4. The Morgan fingerprint density at radius 2 is 1.28 bits per heavy atom. The number of urea groups is 1. The molecule has 5 fully saturated rings. The first kappa shape index (κ1) is 81.5. The number of aliphatic hydroxyl groups is 6. The lowest BCUT2D eigenvalue weighted by atomic mass is 9.51. The molecule has 0 aromatic heterocycles. The number of fused-ring (bicyclic) bond motifs is 15. The molecule has 15 rings (SSSR count). The number of benzene rings is 5. The Hall–Kier alpha value is -9.01. The zero-order valence-electron chi connectivity index (χ0n) is 61.4. The van der Waals surface area contributed by atoms with E-state index in [1.165, 1.54) is 36.4 Å². The normalized spacial score (nSPS) is 28.7. The summed E-state index contributed by atoms with van der Waals surface area (Å²) in [5, 5.41) is 119. The highest BCUT2D eigenvalue weighted by atomic mass is 35.5. The van der Waals surface area contributed by atoms with Gasteiger partial charge in [-0.2, -0.15) is 0 Å². The standard InChI is InChI=1S/C80H95Cl2N7O22/c1-4-5-6-7-8-9-16-84-80(107)85-63(97)29-44-26-55(94)67(88-77(105)52(83)17-35(2)3)69(98)39-11-14-58(50(81)24-39)108-60-27-43-28-61(74(60)111-79-73(102)72(101)71(100)62(34-90)110-79)109-59-15-12-40(25-51(59)82)70(99)68-78(106)87-66(57(96)32-46-41-19-36-18-37(21-41)22-42(46)20-36)49-30-45(91)31-54(93)64(49)48-23-38(10-13-53(48)92)47(76(104)89-68)33-56(95)65(43)86-75(44)103/h10-15,23-25,27-28,30-31,35-37,41-42,44,46-47,52,62,65-73,79,90-93,98-102H,4-9,16-22,26,29,32-34,83H2,1-3H3,(H,86,103)(H,87,106)(H,88,105)(H,89,104)(H2,84,85,97,107)/t36?,37?,41?,42?,44-,46?,47+,52+,62?,65+,66-,67-,68-,69+,70+,71?,72?,73?,79?/m0/s1. The maximum Gasteiger partial charge on any atom is 0.321 e. The van der Waals surface area contributed by atoms with Crippen molar-refractivity contribution in [1.82, 2.24) is 31.9 Å². The van der Waals surface area contributed by atoms with Crippen molar-refractivity contribution < 1.29 is 108 Å². The molecule has 1 saturated heterocycles. The fraction of sp³-hybridized carbons (Fsp3) is 0.512. The second kappa shape index (κ2) is 34.9. The molecule has 31 heteroatoms. The topological polar surface area (TPSA) is 471 Å². The predicted octanol–water partition coefficient (Wildman–Crippen LogP) is 7.23. The van der Waals surface area contributed by atoms with Gasteiger partial charge in [-0.1, -0.05) is 94.3 Å². The first-order valence-electron chi connectivity index (χ1n) is 37.9. The van der Waals surface area contributed by atoms with Gasteiger partial charge in [0.05, 0.1) is 34.5 Å². The Morgan fingerprint density at radius 1 is 0.649 bits per heavy atom. The van der Waals surface area contributed by atoms with Crippen molar-refractivity contribution in [2.24, 2.45) is 47.2 Å². The number of hydrogen-bond acceptors (Lipinski definition) is 23. The van der Waals surface area contributed by atoms with Gasteiger partial charge < -0.3 is 97.2 Å². The molecule has 7 amide bonds. The van der Waals surface area contributed by atoms with E-state index >= 15 is 28.8 Å². The fourth-order valence-electron chi connectivity index (χ4n) is 17.1. The molecule has 5 unspecified atom stereocenters. The number of carbonyl (C=O) groups is 9. The van der Waals surface area contributed by atoms with Gasteiger partial charge in [0.2, 0.25) is 41.6 Å². The molecule has 6 aliphatic heterocycles. The highest BCUT2D eigenvalue weighted by Crippen LogP contribution is 2.58. The number of aromatic hydroxyl groups is 3. The summed E-state index contributed by atoms with van der Waals surface area (Å²) in [5.41, 5.74) is 4.74. The van der Waals surface area contributed by atoms with Crippen LogP contribution in [0.3, 0.4) is 0 Å². The van der Waals surface area contributed by atoms with E-state index in [2.05, 4.69) is 38.8 Å². The summed E-state index contributed by atoms with van der Waals surface area (Å²) in [7, 11) is 0. The summed E-state index contributed by atoms with van der Waals surface area (Å²) in [6.07, 6.45) is -7.10. The van der Waals surface area contributed by atoms with Gasteiger partial charge in [-0.05, 0) is 163 Å². The van der Waals surface area contributed by atoms with Crippen LogP contribution in [0.25, 0.3) is 11.1 Å². The number of hydrogen-bond donors (Lipinski definition) is 16. The monoisotopic (exact) mass is 1580 g/mol. The number of ketones is 3. The lowest BCUT2D eigenvalue weighted by molar-refractivity contribution is -0.277. The molecule has 111 heavy (non-hydrogen) atoms. The molecule has 14 atom stereocenters. The van der Waals surface area contributed by atoms with Crippen molar-refractivity contribution in [3.05, 3.63) is 117 Å². The molecular formula is C80H95Cl2N7O22. The molecule has 15 bridgehead atoms. The van der Waals surface area contributed by atoms with Crippen LogP contribution in [0.1, 0.15) is 182 Å². The highest BCUT2D eigenvalue weighted by Gasteiger charge is 2.51. The zero-order chi connectivity index (χ0) is 79.5. The number of phenolic OH excluding ortho intramolecular Hbond substituents is 3. The molecule has 596 valence electrons. The Bertz CT molecular complexity index is 4360. The fourth-order valence-corrected chi connectivity index (χ4v) is 17.6. The van der Waals surface area contributed by atoms with Gasteiger partial charge in [-0.25, -0.2) is 4.79 Å². The van der Waals surface area contributed by atoms with Crippen molar-refractivity contribution in [2.75, 3.05) is 13.2 Å². The van der Waals surface area contributed by atoms with E-state index in [-0.39, 0.29) is 104 Å². The lowest BCUT2D eigenvalue weighted by Gasteiger charge is -2.54. The molecule has 4 aliphatic carbocycles. The summed E-state index contributed by atoms with van der Waals surface area (Å²) in [4.78, 5) is 136. The summed E-state index contributed by atoms with van der Waals surface area (Å²) >= 11 is 14.2. The van der Waals surface area contributed by atoms with E-state index < -0.39 is 198 Å². The van der Waals surface area contributed by atoms with Gasteiger partial charge in [0.25, 0.3) is 0 Å². The van der Waals surface area contributed by atoms with Crippen LogP contribution in [-0.2, 0) is 43.1 Å². The van der Waals surface area contributed by atoms with Crippen LogP contribution in [-0.4, -0.2) is 161 Å². The van der Waals surface area contributed by atoms with E-state index in [1.54, 1.807) is 13.8 Å². The minimum Gasteiger partial charge on any atom is -0.508 e.